The fourth-order valence-electron chi connectivity index (χ4n) is 3.08. The average Bonchev–Trinajstić information content (AvgIpc) is 2.75. The number of ether oxygens (including phenoxy) is 1. The van der Waals surface area contributed by atoms with Crippen LogP contribution in [0.4, 0.5) is 0 Å². The highest BCUT2D eigenvalue weighted by Crippen LogP contribution is 2.28. The number of amides is 2. The second-order valence-corrected chi connectivity index (χ2v) is 9.34. The summed E-state index contributed by atoms with van der Waals surface area (Å²) in [4.78, 5) is 27.6. The molecule has 0 heterocycles. The molecule has 0 aromatic heterocycles. The third-order valence-corrected chi connectivity index (χ3v) is 6.33. The first-order chi connectivity index (χ1) is 15.3. The van der Waals surface area contributed by atoms with E-state index in [0.717, 1.165) is 22.9 Å². The molecule has 5 nitrogen and oxygen atoms in total. The van der Waals surface area contributed by atoms with Crippen LogP contribution in [0.5, 0.6) is 5.75 Å². The second kappa shape index (κ2) is 13.3. The van der Waals surface area contributed by atoms with Gasteiger partial charge in [-0.15, -0.1) is 0 Å². The van der Waals surface area contributed by atoms with Crippen molar-refractivity contribution in [1.82, 2.24) is 10.2 Å². The van der Waals surface area contributed by atoms with E-state index < -0.39 is 6.04 Å². The molecule has 2 aromatic rings. The quantitative estimate of drug-likeness (QED) is 0.317. The van der Waals surface area contributed by atoms with Crippen molar-refractivity contribution in [3.8, 4) is 5.75 Å². The predicted molar refractivity (Wildman–Crippen MR) is 134 cm³/mol. The molecule has 0 spiro atoms. The number of nitrogens with zero attached hydrogens (tertiary/aromatic N) is 1. The van der Waals surface area contributed by atoms with E-state index in [1.54, 1.807) is 36.4 Å². The molecule has 32 heavy (non-hydrogen) atoms. The zero-order chi connectivity index (χ0) is 23.7. The summed E-state index contributed by atoms with van der Waals surface area (Å²) in [6.45, 7) is 4.40. The van der Waals surface area contributed by atoms with Crippen molar-refractivity contribution in [2.45, 2.75) is 45.7 Å². The summed E-state index contributed by atoms with van der Waals surface area (Å²) in [6, 6.07) is 9.62. The van der Waals surface area contributed by atoms with Gasteiger partial charge in [0.1, 0.15) is 11.8 Å². The molecule has 174 valence electrons. The minimum atomic E-state index is -0.655. The molecule has 0 unspecified atom stereocenters. The van der Waals surface area contributed by atoms with Gasteiger partial charge in [-0.1, -0.05) is 77.1 Å². The first-order valence-corrected chi connectivity index (χ1v) is 12.3. The summed E-state index contributed by atoms with van der Waals surface area (Å²) in [5.74, 6) is -0.151. The van der Waals surface area contributed by atoms with Gasteiger partial charge < -0.3 is 15.0 Å². The summed E-state index contributed by atoms with van der Waals surface area (Å²) < 4.78 is 6.47. The summed E-state index contributed by atoms with van der Waals surface area (Å²) in [5.41, 5.74) is 0.759. The van der Waals surface area contributed by atoms with Gasteiger partial charge >= 0.3 is 0 Å². The maximum Gasteiger partial charge on any atom is 0.261 e. The summed E-state index contributed by atoms with van der Waals surface area (Å²) in [6.07, 6.45) is 2.28. The molecule has 0 saturated heterocycles. The van der Waals surface area contributed by atoms with E-state index in [9.17, 15) is 9.59 Å². The fourth-order valence-corrected chi connectivity index (χ4v) is 4.12. The minimum Gasteiger partial charge on any atom is -0.482 e. The van der Waals surface area contributed by atoms with Crippen LogP contribution in [0.2, 0.25) is 15.1 Å². The van der Waals surface area contributed by atoms with Crippen molar-refractivity contribution in [2.75, 3.05) is 13.2 Å². The van der Waals surface area contributed by atoms with Gasteiger partial charge in [0.2, 0.25) is 5.91 Å². The maximum atomic E-state index is 13.2. The molecule has 9 heteroatoms. The van der Waals surface area contributed by atoms with Crippen LogP contribution in [0.1, 0.15) is 38.7 Å². The SMILES string of the molecule is CCCCNC(=O)[C@H](CC)N(Cc1ccc(Cl)c(Cl)c1)C(=O)COc1ccc(Br)cc1Cl. The van der Waals surface area contributed by atoms with Crippen LogP contribution in [0, 0.1) is 0 Å². The van der Waals surface area contributed by atoms with E-state index in [4.69, 9.17) is 39.5 Å². The molecule has 0 bridgehead atoms. The molecule has 2 amide bonds. The van der Waals surface area contributed by atoms with Gasteiger partial charge in [0.25, 0.3) is 5.91 Å². The standard InChI is InChI=1S/C23H26BrCl3N2O3/c1-3-5-10-28-23(31)20(4-2)29(13-15-6-8-17(25)18(26)11-15)22(30)14-32-21-9-7-16(24)12-19(21)27/h6-9,11-12,20H,3-5,10,13-14H2,1-2H3,(H,28,31)/t20-/m0/s1. The summed E-state index contributed by atoms with van der Waals surface area (Å²) >= 11 is 21.7. The first kappa shape index (κ1) is 26.8. The fraction of sp³-hybridized carbons (Fsp3) is 0.391. The van der Waals surface area contributed by atoms with Gasteiger partial charge in [-0.2, -0.15) is 0 Å². The Morgan fingerprint density at radius 2 is 1.81 bits per heavy atom. The lowest BCUT2D eigenvalue weighted by atomic mass is 10.1. The molecule has 1 atom stereocenters. The van der Waals surface area contributed by atoms with Crippen molar-refractivity contribution in [3.05, 3.63) is 61.5 Å². The first-order valence-electron chi connectivity index (χ1n) is 10.4. The van der Waals surface area contributed by atoms with Crippen LogP contribution >= 0.6 is 50.7 Å². The third-order valence-electron chi connectivity index (χ3n) is 4.80. The van der Waals surface area contributed by atoms with E-state index in [-0.39, 0.29) is 25.0 Å². The van der Waals surface area contributed by atoms with Crippen molar-refractivity contribution >= 4 is 62.5 Å². The highest BCUT2D eigenvalue weighted by molar-refractivity contribution is 9.10. The molecule has 0 aliphatic rings. The largest absolute Gasteiger partial charge is 0.482 e. The van der Waals surface area contributed by atoms with Gasteiger partial charge in [-0.3, -0.25) is 9.59 Å². The number of nitrogens with one attached hydrogen (secondary N) is 1. The van der Waals surface area contributed by atoms with Crippen LogP contribution in [0.15, 0.2) is 40.9 Å². The lowest BCUT2D eigenvalue weighted by Gasteiger charge is -2.30. The molecule has 0 aliphatic carbocycles. The van der Waals surface area contributed by atoms with E-state index >= 15 is 0 Å². The maximum absolute atomic E-state index is 13.2. The Bertz CT molecular complexity index is 943. The summed E-state index contributed by atoms with van der Waals surface area (Å²) in [7, 11) is 0. The van der Waals surface area contributed by atoms with Crippen LogP contribution in [0.3, 0.4) is 0 Å². The number of carbonyl (C=O) groups excluding carboxylic acids is 2. The number of hydrogen-bond acceptors (Lipinski definition) is 3. The molecule has 0 aliphatic heterocycles. The van der Waals surface area contributed by atoms with Crippen molar-refractivity contribution in [2.24, 2.45) is 0 Å². The molecule has 2 rings (SSSR count). The Hall–Kier alpha value is -1.47. The number of hydrogen-bond donors (Lipinski definition) is 1. The average molecular weight is 565 g/mol. The normalized spacial score (nSPS) is 11.7. The number of carbonyl (C=O) groups is 2. The van der Waals surface area contributed by atoms with Crippen LogP contribution in [-0.2, 0) is 16.1 Å². The molecule has 1 N–H and O–H groups in total. The number of benzene rings is 2. The van der Waals surface area contributed by atoms with E-state index in [1.165, 1.54) is 4.90 Å². The number of rotatable bonds is 11. The van der Waals surface area contributed by atoms with Gasteiger partial charge in [-0.05, 0) is 48.7 Å². The Morgan fingerprint density at radius 1 is 1.06 bits per heavy atom. The molecule has 0 radical (unpaired) electrons. The third kappa shape index (κ3) is 7.84. The van der Waals surface area contributed by atoms with Crippen LogP contribution < -0.4 is 10.1 Å². The van der Waals surface area contributed by atoms with Crippen molar-refractivity contribution < 1.29 is 14.3 Å². The van der Waals surface area contributed by atoms with E-state index in [0.29, 0.717) is 33.8 Å². The van der Waals surface area contributed by atoms with Crippen molar-refractivity contribution in [3.63, 3.8) is 0 Å². The minimum absolute atomic E-state index is 0.187. The lowest BCUT2D eigenvalue weighted by Crippen LogP contribution is -2.50. The van der Waals surface area contributed by atoms with Gasteiger partial charge in [0.15, 0.2) is 6.61 Å². The Morgan fingerprint density at radius 3 is 2.44 bits per heavy atom. The molecule has 2 aromatic carbocycles. The Balaban J connectivity index is 2.22. The van der Waals surface area contributed by atoms with E-state index in [2.05, 4.69) is 21.2 Å². The highest BCUT2D eigenvalue weighted by Gasteiger charge is 2.29. The Labute approximate surface area is 212 Å². The molecular weight excluding hydrogens is 539 g/mol. The molecule has 0 fully saturated rings. The number of halogens is 4. The predicted octanol–water partition coefficient (Wildman–Crippen LogP) is 6.51. The zero-order valence-corrected chi connectivity index (χ0v) is 21.8. The zero-order valence-electron chi connectivity index (χ0n) is 18.0. The van der Waals surface area contributed by atoms with Gasteiger partial charge in [-0.25, -0.2) is 0 Å². The van der Waals surface area contributed by atoms with E-state index in [1.807, 2.05) is 13.8 Å². The Kier molecular flexibility index (Phi) is 11.1. The lowest BCUT2D eigenvalue weighted by molar-refractivity contribution is -0.143. The van der Waals surface area contributed by atoms with Gasteiger partial charge in [0.05, 0.1) is 15.1 Å². The molecular formula is C23H26BrCl3N2O3. The summed E-state index contributed by atoms with van der Waals surface area (Å²) in [5, 5.41) is 4.11. The monoisotopic (exact) mass is 562 g/mol. The molecule has 0 saturated carbocycles. The van der Waals surface area contributed by atoms with Crippen LogP contribution in [0.25, 0.3) is 0 Å². The second-order valence-electron chi connectivity index (χ2n) is 7.20. The van der Waals surface area contributed by atoms with Crippen molar-refractivity contribution in [1.29, 1.82) is 0 Å². The smallest absolute Gasteiger partial charge is 0.261 e. The highest BCUT2D eigenvalue weighted by atomic mass is 79.9. The van der Waals surface area contributed by atoms with Crippen LogP contribution in [-0.4, -0.2) is 35.9 Å². The number of unbranched alkanes of at least 4 members (excludes halogenated alkanes) is 1. The topological polar surface area (TPSA) is 58.6 Å². The van der Waals surface area contributed by atoms with Gasteiger partial charge in [0, 0.05) is 17.6 Å².